The summed E-state index contributed by atoms with van der Waals surface area (Å²) in [5.41, 5.74) is 0.954. The molecule has 1 heterocycles. The van der Waals surface area contributed by atoms with Crippen molar-refractivity contribution < 1.29 is 0 Å². The van der Waals surface area contributed by atoms with Gasteiger partial charge in [0.05, 0.1) is 10.4 Å². The van der Waals surface area contributed by atoms with E-state index in [1.165, 1.54) is 0 Å². The predicted molar refractivity (Wildman–Crippen MR) is 59.7 cm³/mol. The minimum atomic E-state index is -0.0213. The van der Waals surface area contributed by atoms with Gasteiger partial charge in [-0.1, -0.05) is 11.6 Å². The third-order valence-electron chi connectivity index (χ3n) is 1.87. The van der Waals surface area contributed by atoms with Crippen LogP contribution in [0.3, 0.4) is 0 Å². The molecule has 1 aromatic rings. The number of hydrogen-bond donors (Lipinski definition) is 1. The Kier molecular flexibility index (Phi) is 2.25. The van der Waals surface area contributed by atoms with Crippen molar-refractivity contribution in [1.29, 1.82) is 0 Å². The van der Waals surface area contributed by atoms with E-state index in [1.54, 1.807) is 6.07 Å². The Balaban J connectivity index is 2.44. The molecule has 0 amide bonds. The molecule has 1 fully saturated rings. The van der Waals surface area contributed by atoms with Crippen LogP contribution < -0.4 is 0 Å². The summed E-state index contributed by atoms with van der Waals surface area (Å²) in [6, 6.07) is 1.80. The molecule has 0 unspecified atom stereocenters. The summed E-state index contributed by atoms with van der Waals surface area (Å²) in [6.45, 7) is 0. The van der Waals surface area contributed by atoms with Crippen molar-refractivity contribution >= 4 is 46.8 Å². The van der Waals surface area contributed by atoms with Crippen molar-refractivity contribution in [2.24, 2.45) is 0 Å². The van der Waals surface area contributed by atoms with Crippen LogP contribution in [0.4, 0.5) is 0 Å². The lowest BCUT2D eigenvalue weighted by atomic mass is 10.3. The first-order valence-electron chi connectivity index (χ1n) is 3.53. The standard InChI is InChI=1S/C7H6ClIN2S/c8-5-3-4(7(12)1-2-7)10-6(9)11-5/h3,12H,1-2H2. The fourth-order valence-electron chi connectivity index (χ4n) is 1.00. The maximum Gasteiger partial charge on any atom is 0.192 e. The summed E-state index contributed by atoms with van der Waals surface area (Å²) in [4.78, 5) is 8.27. The van der Waals surface area contributed by atoms with E-state index in [1.807, 2.05) is 0 Å². The van der Waals surface area contributed by atoms with Gasteiger partial charge in [0.2, 0.25) is 0 Å². The molecular weight excluding hydrogens is 307 g/mol. The van der Waals surface area contributed by atoms with Crippen LogP contribution in [0, 0.1) is 3.83 Å². The van der Waals surface area contributed by atoms with Crippen LogP contribution in [-0.2, 0) is 4.75 Å². The molecule has 64 valence electrons. The zero-order valence-electron chi connectivity index (χ0n) is 6.09. The lowest BCUT2D eigenvalue weighted by molar-refractivity contribution is 0.917. The van der Waals surface area contributed by atoms with E-state index in [9.17, 15) is 0 Å². The Labute approximate surface area is 94.7 Å². The summed E-state index contributed by atoms with van der Waals surface area (Å²) < 4.78 is 0.669. The average molecular weight is 313 g/mol. The van der Waals surface area contributed by atoms with Gasteiger partial charge < -0.3 is 0 Å². The molecular formula is C7H6ClIN2S. The van der Waals surface area contributed by atoms with Crippen LogP contribution in [0.5, 0.6) is 0 Å². The van der Waals surface area contributed by atoms with Crippen LogP contribution in [0.2, 0.25) is 5.15 Å². The van der Waals surface area contributed by atoms with Gasteiger partial charge >= 0.3 is 0 Å². The molecule has 0 atom stereocenters. The first-order valence-corrected chi connectivity index (χ1v) is 5.43. The van der Waals surface area contributed by atoms with Gasteiger partial charge in [-0.05, 0) is 18.9 Å². The topological polar surface area (TPSA) is 25.8 Å². The van der Waals surface area contributed by atoms with Gasteiger partial charge in [0.25, 0.3) is 0 Å². The molecule has 0 bridgehead atoms. The zero-order chi connectivity index (χ0) is 8.77. The van der Waals surface area contributed by atoms with Crippen molar-refractivity contribution in [3.63, 3.8) is 0 Å². The van der Waals surface area contributed by atoms with Crippen LogP contribution in [-0.4, -0.2) is 9.97 Å². The highest BCUT2D eigenvalue weighted by Crippen LogP contribution is 2.50. The van der Waals surface area contributed by atoms with E-state index in [0.717, 1.165) is 18.5 Å². The van der Waals surface area contributed by atoms with Crippen molar-refractivity contribution in [3.8, 4) is 0 Å². The monoisotopic (exact) mass is 312 g/mol. The number of rotatable bonds is 1. The van der Waals surface area contributed by atoms with E-state index >= 15 is 0 Å². The smallest absolute Gasteiger partial charge is 0.192 e. The fourth-order valence-corrected chi connectivity index (χ4v) is 2.07. The Morgan fingerprint density at radius 2 is 2.17 bits per heavy atom. The second kappa shape index (κ2) is 2.99. The Morgan fingerprint density at radius 1 is 1.50 bits per heavy atom. The van der Waals surface area contributed by atoms with Gasteiger partial charge in [-0.15, -0.1) is 0 Å². The van der Waals surface area contributed by atoms with Crippen molar-refractivity contribution in [3.05, 3.63) is 20.7 Å². The van der Waals surface area contributed by atoms with Crippen molar-refractivity contribution in [2.45, 2.75) is 17.6 Å². The maximum atomic E-state index is 5.79. The third-order valence-corrected chi connectivity index (χ3v) is 3.22. The fraction of sp³-hybridized carbons (Fsp3) is 0.429. The normalized spacial score (nSPS) is 19.2. The lowest BCUT2D eigenvalue weighted by Crippen LogP contribution is -2.03. The zero-order valence-corrected chi connectivity index (χ0v) is 9.90. The van der Waals surface area contributed by atoms with E-state index in [2.05, 4.69) is 45.2 Å². The van der Waals surface area contributed by atoms with E-state index < -0.39 is 0 Å². The van der Waals surface area contributed by atoms with Crippen LogP contribution in [0.15, 0.2) is 6.07 Å². The van der Waals surface area contributed by atoms with Crippen LogP contribution in [0.25, 0.3) is 0 Å². The quantitative estimate of drug-likeness (QED) is 0.373. The van der Waals surface area contributed by atoms with Crippen LogP contribution >= 0.6 is 46.8 Å². The Bertz CT molecular complexity index is 307. The first-order chi connectivity index (χ1) is 5.60. The maximum absolute atomic E-state index is 5.79. The molecule has 0 aromatic carbocycles. The third kappa shape index (κ3) is 1.70. The Hall–Kier alpha value is 0.450. The average Bonchev–Trinajstić information content (AvgIpc) is 2.67. The second-order valence-corrected chi connectivity index (χ2v) is 5.08. The number of hydrogen-bond acceptors (Lipinski definition) is 3. The highest BCUT2D eigenvalue weighted by atomic mass is 127. The first kappa shape index (κ1) is 9.02. The van der Waals surface area contributed by atoms with Crippen molar-refractivity contribution in [1.82, 2.24) is 9.97 Å². The number of halogens is 2. The molecule has 12 heavy (non-hydrogen) atoms. The van der Waals surface area contributed by atoms with Crippen LogP contribution in [0.1, 0.15) is 18.5 Å². The van der Waals surface area contributed by atoms with E-state index in [0.29, 0.717) is 8.98 Å². The molecule has 1 aliphatic rings. The number of aromatic nitrogens is 2. The lowest BCUT2D eigenvalue weighted by Gasteiger charge is -2.06. The predicted octanol–water partition coefficient (Wildman–Crippen LogP) is 2.65. The molecule has 1 aromatic heterocycles. The molecule has 2 rings (SSSR count). The highest BCUT2D eigenvalue weighted by Gasteiger charge is 2.42. The molecule has 0 N–H and O–H groups in total. The van der Waals surface area contributed by atoms with Gasteiger partial charge in [0, 0.05) is 22.6 Å². The SMILES string of the molecule is SC1(c2cc(Cl)nc(I)n2)CC1. The summed E-state index contributed by atoms with van der Waals surface area (Å²) >= 11 is 12.3. The Morgan fingerprint density at radius 3 is 2.67 bits per heavy atom. The van der Waals surface area contributed by atoms with Gasteiger partial charge in [-0.3, -0.25) is 0 Å². The van der Waals surface area contributed by atoms with Crippen molar-refractivity contribution in [2.75, 3.05) is 0 Å². The molecule has 1 saturated carbocycles. The molecule has 2 nitrogen and oxygen atoms in total. The molecule has 0 radical (unpaired) electrons. The summed E-state index contributed by atoms with van der Waals surface area (Å²) in [5.74, 6) is 0. The highest BCUT2D eigenvalue weighted by molar-refractivity contribution is 14.1. The van der Waals surface area contributed by atoms with Gasteiger partial charge in [0.1, 0.15) is 5.15 Å². The summed E-state index contributed by atoms with van der Waals surface area (Å²) in [6.07, 6.45) is 2.17. The largest absolute Gasteiger partial charge is 0.227 e. The molecule has 0 aliphatic heterocycles. The second-order valence-electron chi connectivity index (χ2n) is 2.88. The van der Waals surface area contributed by atoms with Gasteiger partial charge in [-0.25, -0.2) is 9.97 Å². The summed E-state index contributed by atoms with van der Waals surface area (Å²) in [7, 11) is 0. The minimum absolute atomic E-state index is 0.0213. The molecule has 5 heteroatoms. The minimum Gasteiger partial charge on any atom is -0.227 e. The summed E-state index contributed by atoms with van der Waals surface area (Å²) in [5, 5.41) is 0.504. The molecule has 0 spiro atoms. The molecule has 0 saturated heterocycles. The van der Waals surface area contributed by atoms with Gasteiger partial charge in [0.15, 0.2) is 3.83 Å². The number of thiol groups is 1. The van der Waals surface area contributed by atoms with Gasteiger partial charge in [-0.2, -0.15) is 12.6 Å². The van der Waals surface area contributed by atoms with E-state index in [4.69, 9.17) is 11.6 Å². The van der Waals surface area contributed by atoms with E-state index in [-0.39, 0.29) is 4.75 Å². The molecule has 1 aliphatic carbocycles. The number of nitrogens with zero attached hydrogens (tertiary/aromatic N) is 2.